The van der Waals surface area contributed by atoms with E-state index in [2.05, 4.69) is 22.7 Å². The van der Waals surface area contributed by atoms with E-state index in [1.807, 2.05) is 6.92 Å². The highest BCUT2D eigenvalue weighted by molar-refractivity contribution is 5.90. The van der Waals surface area contributed by atoms with Crippen LogP contribution in [-0.4, -0.2) is 28.8 Å². The summed E-state index contributed by atoms with van der Waals surface area (Å²) < 4.78 is 15.8. The lowest BCUT2D eigenvalue weighted by atomic mass is 9.85. The predicted molar refractivity (Wildman–Crippen MR) is 96.3 cm³/mol. The Bertz CT molecular complexity index is 737. The summed E-state index contributed by atoms with van der Waals surface area (Å²) in [4.78, 5) is 12.3. The maximum Gasteiger partial charge on any atom is 0.224 e. The molecule has 2 atom stereocenters. The standard InChI is InChI=1S/C19H25FN4O/c1-13-10-22-24(12-13)18-6-5-16(9-17(18)20)23-19(25)8-14(2)15-4-3-7-21-11-15/h5-6,9-10,12,14-15,21H,3-4,7-8,11H2,1-2H3,(H,23,25). The number of hydrogen-bond donors (Lipinski definition) is 2. The molecule has 134 valence electrons. The van der Waals surface area contributed by atoms with Gasteiger partial charge in [-0.2, -0.15) is 5.10 Å². The quantitative estimate of drug-likeness (QED) is 0.875. The number of carbonyl (C=O) groups is 1. The molecule has 5 nitrogen and oxygen atoms in total. The number of aromatic nitrogens is 2. The fourth-order valence-corrected chi connectivity index (χ4v) is 3.35. The topological polar surface area (TPSA) is 59.0 Å². The minimum absolute atomic E-state index is 0.0693. The van der Waals surface area contributed by atoms with E-state index in [1.165, 1.54) is 10.7 Å². The summed E-state index contributed by atoms with van der Waals surface area (Å²) in [6.45, 7) is 6.05. The smallest absolute Gasteiger partial charge is 0.224 e. The molecule has 0 spiro atoms. The lowest BCUT2D eigenvalue weighted by Crippen LogP contribution is -2.34. The highest BCUT2D eigenvalue weighted by atomic mass is 19.1. The van der Waals surface area contributed by atoms with Gasteiger partial charge < -0.3 is 10.6 Å². The second-order valence-electron chi connectivity index (χ2n) is 6.96. The molecule has 0 bridgehead atoms. The van der Waals surface area contributed by atoms with Crippen molar-refractivity contribution in [3.05, 3.63) is 42.0 Å². The largest absolute Gasteiger partial charge is 0.326 e. The average Bonchev–Trinajstić information content (AvgIpc) is 3.01. The molecular weight excluding hydrogens is 319 g/mol. The van der Waals surface area contributed by atoms with E-state index in [0.717, 1.165) is 31.5 Å². The van der Waals surface area contributed by atoms with Crippen LogP contribution in [0.25, 0.3) is 5.69 Å². The van der Waals surface area contributed by atoms with Gasteiger partial charge in [-0.15, -0.1) is 0 Å². The molecule has 0 radical (unpaired) electrons. The van der Waals surface area contributed by atoms with Crippen molar-refractivity contribution in [2.45, 2.75) is 33.1 Å². The van der Waals surface area contributed by atoms with Crippen molar-refractivity contribution in [2.24, 2.45) is 11.8 Å². The zero-order valence-electron chi connectivity index (χ0n) is 14.8. The molecule has 2 unspecified atom stereocenters. The van der Waals surface area contributed by atoms with Gasteiger partial charge in [0.1, 0.15) is 5.69 Å². The van der Waals surface area contributed by atoms with Gasteiger partial charge in [0.2, 0.25) is 5.91 Å². The molecule has 1 aromatic heterocycles. The van der Waals surface area contributed by atoms with Crippen LogP contribution >= 0.6 is 0 Å². The summed E-state index contributed by atoms with van der Waals surface area (Å²) in [7, 11) is 0. The molecule has 2 N–H and O–H groups in total. The second kappa shape index (κ2) is 7.78. The zero-order valence-corrected chi connectivity index (χ0v) is 14.8. The first-order chi connectivity index (χ1) is 12.0. The van der Waals surface area contributed by atoms with Gasteiger partial charge in [0.15, 0.2) is 5.82 Å². The SMILES string of the molecule is Cc1cnn(-c2ccc(NC(=O)CC(C)C3CCCNC3)cc2F)c1. The Morgan fingerprint density at radius 3 is 3.00 bits per heavy atom. The fourth-order valence-electron chi connectivity index (χ4n) is 3.35. The first kappa shape index (κ1) is 17.6. The molecule has 25 heavy (non-hydrogen) atoms. The minimum atomic E-state index is -0.412. The number of anilines is 1. The second-order valence-corrected chi connectivity index (χ2v) is 6.96. The Hall–Kier alpha value is -2.21. The highest BCUT2D eigenvalue weighted by Gasteiger charge is 2.22. The van der Waals surface area contributed by atoms with Crippen molar-refractivity contribution in [3.8, 4) is 5.69 Å². The molecule has 1 aliphatic heterocycles. The number of hydrogen-bond acceptors (Lipinski definition) is 3. The third kappa shape index (κ3) is 4.45. The summed E-state index contributed by atoms with van der Waals surface area (Å²) in [5.74, 6) is 0.358. The Balaban J connectivity index is 1.60. The van der Waals surface area contributed by atoms with Crippen molar-refractivity contribution >= 4 is 11.6 Å². The molecule has 1 saturated heterocycles. The van der Waals surface area contributed by atoms with Crippen LogP contribution in [0.15, 0.2) is 30.6 Å². The number of rotatable bonds is 5. The van der Waals surface area contributed by atoms with Crippen LogP contribution in [0.5, 0.6) is 0 Å². The molecule has 1 amide bonds. The third-order valence-electron chi connectivity index (χ3n) is 4.84. The summed E-state index contributed by atoms with van der Waals surface area (Å²) in [6, 6.07) is 4.68. The number of benzene rings is 1. The van der Waals surface area contributed by atoms with Gasteiger partial charge >= 0.3 is 0 Å². The normalized spacial score (nSPS) is 18.8. The average molecular weight is 344 g/mol. The number of nitrogens with one attached hydrogen (secondary N) is 2. The van der Waals surface area contributed by atoms with E-state index in [4.69, 9.17) is 0 Å². The van der Waals surface area contributed by atoms with E-state index in [-0.39, 0.29) is 5.91 Å². The maximum atomic E-state index is 14.3. The van der Waals surface area contributed by atoms with Crippen LogP contribution in [0.1, 0.15) is 31.7 Å². The Labute approximate surface area is 147 Å². The molecule has 2 aromatic rings. The number of piperidine rings is 1. The van der Waals surface area contributed by atoms with E-state index in [1.54, 1.807) is 24.5 Å². The van der Waals surface area contributed by atoms with Crippen LogP contribution in [-0.2, 0) is 4.79 Å². The third-order valence-corrected chi connectivity index (χ3v) is 4.84. The van der Waals surface area contributed by atoms with E-state index in [0.29, 0.717) is 29.6 Å². The number of aryl methyl sites for hydroxylation is 1. The molecule has 2 heterocycles. The zero-order chi connectivity index (χ0) is 17.8. The molecule has 6 heteroatoms. The first-order valence-electron chi connectivity index (χ1n) is 8.84. The Morgan fingerprint density at radius 1 is 1.52 bits per heavy atom. The van der Waals surface area contributed by atoms with Gasteiger partial charge in [-0.3, -0.25) is 4.79 Å². The van der Waals surface area contributed by atoms with Gasteiger partial charge in [0, 0.05) is 18.3 Å². The minimum Gasteiger partial charge on any atom is -0.326 e. The molecular formula is C19H25FN4O. The Morgan fingerprint density at radius 2 is 2.36 bits per heavy atom. The molecule has 0 aliphatic carbocycles. The van der Waals surface area contributed by atoms with Crippen LogP contribution in [0.2, 0.25) is 0 Å². The lowest BCUT2D eigenvalue weighted by molar-refractivity contribution is -0.117. The number of carbonyl (C=O) groups excluding carboxylic acids is 1. The van der Waals surface area contributed by atoms with E-state index < -0.39 is 5.82 Å². The van der Waals surface area contributed by atoms with Crippen LogP contribution in [0, 0.1) is 24.6 Å². The van der Waals surface area contributed by atoms with Crippen molar-refractivity contribution in [3.63, 3.8) is 0 Å². The van der Waals surface area contributed by atoms with Crippen LogP contribution in [0.3, 0.4) is 0 Å². The lowest BCUT2D eigenvalue weighted by Gasteiger charge is -2.28. The fraction of sp³-hybridized carbons (Fsp3) is 0.474. The van der Waals surface area contributed by atoms with Crippen molar-refractivity contribution in [1.82, 2.24) is 15.1 Å². The van der Waals surface area contributed by atoms with Gasteiger partial charge in [-0.1, -0.05) is 6.92 Å². The maximum absolute atomic E-state index is 14.3. The van der Waals surface area contributed by atoms with Crippen LogP contribution in [0.4, 0.5) is 10.1 Å². The number of amides is 1. The first-order valence-corrected chi connectivity index (χ1v) is 8.84. The molecule has 1 aliphatic rings. The Kier molecular flexibility index (Phi) is 5.48. The number of halogens is 1. The molecule has 1 aromatic carbocycles. The van der Waals surface area contributed by atoms with Gasteiger partial charge in [-0.05, 0) is 68.5 Å². The van der Waals surface area contributed by atoms with E-state index in [9.17, 15) is 9.18 Å². The summed E-state index contributed by atoms with van der Waals surface area (Å²) in [5.41, 5.74) is 1.81. The van der Waals surface area contributed by atoms with Gasteiger partial charge in [0.25, 0.3) is 0 Å². The molecule has 1 fully saturated rings. The van der Waals surface area contributed by atoms with E-state index >= 15 is 0 Å². The summed E-state index contributed by atoms with van der Waals surface area (Å²) in [6.07, 6.45) is 6.21. The van der Waals surface area contributed by atoms with Crippen molar-refractivity contribution < 1.29 is 9.18 Å². The summed E-state index contributed by atoms with van der Waals surface area (Å²) in [5, 5.41) is 10.3. The van der Waals surface area contributed by atoms with Gasteiger partial charge in [-0.25, -0.2) is 9.07 Å². The van der Waals surface area contributed by atoms with Crippen LogP contribution < -0.4 is 10.6 Å². The van der Waals surface area contributed by atoms with Gasteiger partial charge in [0.05, 0.1) is 6.20 Å². The number of nitrogens with zero attached hydrogens (tertiary/aromatic N) is 2. The molecule has 0 saturated carbocycles. The molecule has 3 rings (SSSR count). The van der Waals surface area contributed by atoms with Crippen molar-refractivity contribution in [1.29, 1.82) is 0 Å². The monoisotopic (exact) mass is 344 g/mol. The summed E-state index contributed by atoms with van der Waals surface area (Å²) >= 11 is 0. The van der Waals surface area contributed by atoms with Crippen molar-refractivity contribution in [2.75, 3.05) is 18.4 Å². The highest BCUT2D eigenvalue weighted by Crippen LogP contribution is 2.24. The predicted octanol–water partition coefficient (Wildman–Crippen LogP) is 3.28.